The quantitative estimate of drug-likeness (QED) is 0.509. The van der Waals surface area contributed by atoms with Crippen LogP contribution in [0.4, 0.5) is 0 Å². The molecular weight excluding hydrogens is 158 g/mol. The van der Waals surface area contributed by atoms with E-state index in [4.69, 9.17) is 0 Å². The molecule has 0 aliphatic carbocycles. The van der Waals surface area contributed by atoms with Gasteiger partial charge in [-0.3, -0.25) is 0 Å². The van der Waals surface area contributed by atoms with E-state index in [1.165, 1.54) is 0 Å². The van der Waals surface area contributed by atoms with E-state index in [1.807, 2.05) is 6.92 Å². The zero-order valence-electron chi connectivity index (χ0n) is 6.54. The van der Waals surface area contributed by atoms with Crippen molar-refractivity contribution in [1.82, 2.24) is 4.98 Å². The molecule has 0 unspecified atom stereocenters. The number of unbranched alkanes of at least 4 members (excludes halogenated alkanes) is 1. The second kappa shape index (κ2) is 4.23. The van der Waals surface area contributed by atoms with Crippen molar-refractivity contribution in [2.24, 2.45) is 0 Å². The van der Waals surface area contributed by atoms with Gasteiger partial charge in [-0.1, -0.05) is 0 Å². The van der Waals surface area contributed by atoms with Gasteiger partial charge in [0.1, 0.15) is 6.29 Å². The number of hydrogen-bond donors (Lipinski definition) is 0. The lowest BCUT2D eigenvalue weighted by molar-refractivity contribution is -0.107. The Morgan fingerprint density at radius 2 is 2.55 bits per heavy atom. The Balaban J connectivity index is 2.32. The summed E-state index contributed by atoms with van der Waals surface area (Å²) < 4.78 is 0. The van der Waals surface area contributed by atoms with Crippen LogP contribution in [0.15, 0.2) is 5.38 Å². The van der Waals surface area contributed by atoms with Gasteiger partial charge in [0.05, 0.1) is 10.7 Å². The third-order valence-corrected chi connectivity index (χ3v) is 2.24. The molecule has 0 aliphatic heterocycles. The van der Waals surface area contributed by atoms with Crippen molar-refractivity contribution in [2.75, 3.05) is 0 Å². The first-order valence-corrected chi connectivity index (χ1v) is 4.55. The first kappa shape index (κ1) is 8.40. The zero-order chi connectivity index (χ0) is 8.10. The Morgan fingerprint density at radius 1 is 1.73 bits per heavy atom. The molecule has 0 saturated heterocycles. The van der Waals surface area contributed by atoms with Gasteiger partial charge >= 0.3 is 0 Å². The predicted molar refractivity (Wildman–Crippen MR) is 45.9 cm³/mol. The van der Waals surface area contributed by atoms with Gasteiger partial charge in [-0.25, -0.2) is 4.98 Å². The van der Waals surface area contributed by atoms with Gasteiger partial charge in [0.25, 0.3) is 0 Å². The molecule has 0 aromatic carbocycles. The van der Waals surface area contributed by atoms with E-state index in [0.29, 0.717) is 6.42 Å². The fraction of sp³-hybridized carbons (Fsp3) is 0.500. The number of aldehydes is 1. The summed E-state index contributed by atoms with van der Waals surface area (Å²) in [6.45, 7) is 1.99. The molecule has 1 heterocycles. The number of aryl methyl sites for hydroxylation is 2. The Morgan fingerprint density at radius 3 is 3.09 bits per heavy atom. The summed E-state index contributed by atoms with van der Waals surface area (Å²) in [5.74, 6) is 0. The summed E-state index contributed by atoms with van der Waals surface area (Å²) >= 11 is 1.66. The highest BCUT2D eigenvalue weighted by molar-refractivity contribution is 7.09. The summed E-state index contributed by atoms with van der Waals surface area (Å²) in [6.07, 6.45) is 3.46. The molecule has 1 rings (SSSR count). The minimum absolute atomic E-state index is 0.649. The third-order valence-electron chi connectivity index (χ3n) is 1.42. The maximum absolute atomic E-state index is 9.98. The number of carbonyl (C=O) groups excluding carboxylic acids is 1. The van der Waals surface area contributed by atoms with Crippen molar-refractivity contribution in [3.63, 3.8) is 0 Å². The minimum atomic E-state index is 0.649. The molecule has 0 N–H and O–H groups in total. The van der Waals surface area contributed by atoms with Crippen LogP contribution in [0.25, 0.3) is 0 Å². The van der Waals surface area contributed by atoms with Gasteiger partial charge < -0.3 is 4.79 Å². The van der Waals surface area contributed by atoms with Gasteiger partial charge in [-0.05, 0) is 19.8 Å². The Hall–Kier alpha value is -0.700. The van der Waals surface area contributed by atoms with Crippen molar-refractivity contribution in [1.29, 1.82) is 0 Å². The lowest BCUT2D eigenvalue weighted by Crippen LogP contribution is -1.85. The first-order valence-electron chi connectivity index (χ1n) is 3.67. The van der Waals surface area contributed by atoms with E-state index in [-0.39, 0.29) is 0 Å². The minimum Gasteiger partial charge on any atom is -0.303 e. The monoisotopic (exact) mass is 169 g/mol. The predicted octanol–water partition coefficient (Wildman–Crippen LogP) is 1.97. The van der Waals surface area contributed by atoms with Crippen LogP contribution in [-0.2, 0) is 11.2 Å². The highest BCUT2D eigenvalue weighted by Crippen LogP contribution is 2.09. The zero-order valence-corrected chi connectivity index (χ0v) is 7.36. The first-order chi connectivity index (χ1) is 5.33. The molecule has 0 saturated carbocycles. The van der Waals surface area contributed by atoms with Crippen LogP contribution in [0.3, 0.4) is 0 Å². The lowest BCUT2D eigenvalue weighted by Gasteiger charge is -1.89. The van der Waals surface area contributed by atoms with Crippen LogP contribution in [-0.4, -0.2) is 11.3 Å². The van der Waals surface area contributed by atoms with E-state index >= 15 is 0 Å². The van der Waals surface area contributed by atoms with Gasteiger partial charge in [-0.15, -0.1) is 11.3 Å². The van der Waals surface area contributed by atoms with Crippen LogP contribution < -0.4 is 0 Å². The molecule has 2 nitrogen and oxygen atoms in total. The van der Waals surface area contributed by atoms with Crippen LogP contribution in [0.1, 0.15) is 23.5 Å². The van der Waals surface area contributed by atoms with Crippen molar-refractivity contribution in [2.45, 2.75) is 26.2 Å². The Bertz CT molecular complexity index is 232. The Labute approximate surface area is 70.3 Å². The lowest BCUT2D eigenvalue weighted by atomic mass is 10.2. The van der Waals surface area contributed by atoms with E-state index in [0.717, 1.165) is 29.8 Å². The normalized spacial score (nSPS) is 9.91. The molecule has 0 amide bonds. The van der Waals surface area contributed by atoms with Crippen molar-refractivity contribution < 1.29 is 4.79 Å². The molecular formula is C8H11NOS. The van der Waals surface area contributed by atoms with Crippen molar-refractivity contribution >= 4 is 17.6 Å². The molecule has 0 bridgehead atoms. The number of nitrogens with zero attached hydrogens (tertiary/aromatic N) is 1. The average molecular weight is 169 g/mol. The molecule has 60 valence electrons. The number of rotatable bonds is 4. The number of aromatic nitrogens is 1. The molecule has 1 aromatic rings. The van der Waals surface area contributed by atoms with E-state index in [2.05, 4.69) is 10.4 Å². The molecule has 0 radical (unpaired) electrons. The van der Waals surface area contributed by atoms with Crippen LogP contribution >= 0.6 is 11.3 Å². The van der Waals surface area contributed by atoms with Crippen LogP contribution in [0.2, 0.25) is 0 Å². The molecule has 3 heteroatoms. The fourth-order valence-electron chi connectivity index (χ4n) is 0.890. The molecule has 0 spiro atoms. The second-order valence-corrected chi connectivity index (χ2v) is 3.48. The van der Waals surface area contributed by atoms with E-state index in [9.17, 15) is 4.79 Å². The van der Waals surface area contributed by atoms with Crippen LogP contribution in [0, 0.1) is 6.92 Å². The maximum Gasteiger partial charge on any atom is 0.120 e. The summed E-state index contributed by atoms with van der Waals surface area (Å²) in [4.78, 5) is 14.3. The summed E-state index contributed by atoms with van der Waals surface area (Å²) in [5, 5.41) is 3.16. The second-order valence-electron chi connectivity index (χ2n) is 2.42. The summed E-state index contributed by atoms with van der Waals surface area (Å²) in [6, 6.07) is 0. The molecule has 0 fully saturated rings. The number of hydrogen-bond acceptors (Lipinski definition) is 3. The van der Waals surface area contributed by atoms with Crippen molar-refractivity contribution in [3.8, 4) is 0 Å². The smallest absolute Gasteiger partial charge is 0.120 e. The molecule has 11 heavy (non-hydrogen) atoms. The van der Waals surface area contributed by atoms with Gasteiger partial charge in [0.15, 0.2) is 0 Å². The fourth-order valence-corrected chi connectivity index (χ4v) is 1.54. The highest BCUT2D eigenvalue weighted by Gasteiger charge is 1.96. The number of thiazole rings is 1. The number of carbonyl (C=O) groups is 1. The van der Waals surface area contributed by atoms with Gasteiger partial charge in [0.2, 0.25) is 0 Å². The SMILES string of the molecule is Cc1nc(CCCC=O)cs1. The highest BCUT2D eigenvalue weighted by atomic mass is 32.1. The standard InChI is InChI=1S/C8H11NOS/c1-7-9-8(6-11-7)4-2-3-5-10/h5-6H,2-4H2,1H3. The molecule has 1 aromatic heterocycles. The summed E-state index contributed by atoms with van der Waals surface area (Å²) in [7, 11) is 0. The van der Waals surface area contributed by atoms with E-state index < -0.39 is 0 Å². The van der Waals surface area contributed by atoms with Gasteiger partial charge in [0, 0.05) is 11.8 Å². The summed E-state index contributed by atoms with van der Waals surface area (Å²) in [5.41, 5.74) is 1.12. The molecule has 0 aliphatic rings. The maximum atomic E-state index is 9.98. The molecule has 0 atom stereocenters. The van der Waals surface area contributed by atoms with Crippen LogP contribution in [0.5, 0.6) is 0 Å². The van der Waals surface area contributed by atoms with Crippen molar-refractivity contribution in [3.05, 3.63) is 16.1 Å². The third kappa shape index (κ3) is 2.80. The van der Waals surface area contributed by atoms with Gasteiger partial charge in [-0.2, -0.15) is 0 Å². The average Bonchev–Trinajstić information content (AvgIpc) is 2.37. The Kier molecular flexibility index (Phi) is 3.23. The largest absolute Gasteiger partial charge is 0.303 e. The topological polar surface area (TPSA) is 30.0 Å². The van der Waals surface area contributed by atoms with E-state index in [1.54, 1.807) is 11.3 Å².